The highest BCUT2D eigenvalue weighted by Crippen LogP contribution is 2.68. The molecule has 0 aromatic heterocycles. The first kappa shape index (κ1) is 19.8. The molecule has 1 amide bonds. The molecule has 0 radical (unpaired) electrons. The van der Waals surface area contributed by atoms with Crippen LogP contribution in [0.25, 0.3) is 0 Å². The molecule has 0 aromatic rings. The number of hydrogen-bond donors (Lipinski definition) is 0. The van der Waals surface area contributed by atoms with Gasteiger partial charge in [-0.1, -0.05) is 12.8 Å². The second-order valence-corrected chi connectivity index (χ2v) is 10.5. The second-order valence-electron chi connectivity index (χ2n) is 10.5. The standard InChI is InChI=1S/C23H26F3NO4/c1-10-6-7-14-15(27(10)21(30)23(24,25)26)8-11-9-22(14)18-16(11)12-4-2-3-5-13(12)19(28)17(18)20(29)31-22/h10-16H,2-9H2,1H3/t10-,11?,12+,13+,14+,15+,16-,22+/m0/s1. The third-order valence-electron chi connectivity index (χ3n) is 9.29. The summed E-state index contributed by atoms with van der Waals surface area (Å²) in [7, 11) is 0. The van der Waals surface area contributed by atoms with E-state index in [1.807, 2.05) is 0 Å². The maximum absolute atomic E-state index is 13.5. The van der Waals surface area contributed by atoms with Gasteiger partial charge in [-0.3, -0.25) is 9.59 Å². The number of carbonyl (C=O) groups excluding carboxylic acids is 3. The Balaban J connectivity index is 1.48. The number of amides is 1. The minimum atomic E-state index is -4.93. The van der Waals surface area contributed by atoms with Crippen molar-refractivity contribution >= 4 is 17.7 Å². The van der Waals surface area contributed by atoms with Gasteiger partial charge in [0.25, 0.3) is 0 Å². The van der Waals surface area contributed by atoms with E-state index in [0.29, 0.717) is 25.7 Å². The molecule has 4 fully saturated rings. The van der Waals surface area contributed by atoms with Crippen LogP contribution in [-0.2, 0) is 19.1 Å². The molecule has 2 bridgehead atoms. The first-order chi connectivity index (χ1) is 14.6. The summed E-state index contributed by atoms with van der Waals surface area (Å²) in [6.07, 6.45) is 0.853. The molecule has 31 heavy (non-hydrogen) atoms. The normalized spacial score (nSPS) is 45.8. The molecule has 2 aliphatic heterocycles. The average Bonchev–Trinajstić information content (AvgIpc) is 3.13. The average molecular weight is 437 g/mol. The quantitative estimate of drug-likeness (QED) is 0.429. The van der Waals surface area contributed by atoms with Crippen LogP contribution in [0, 0.1) is 29.6 Å². The summed E-state index contributed by atoms with van der Waals surface area (Å²) in [5.74, 6) is -2.81. The number of fused-ring (bicyclic) bond motifs is 5. The van der Waals surface area contributed by atoms with E-state index >= 15 is 0 Å². The Hall–Kier alpha value is -1.86. The summed E-state index contributed by atoms with van der Waals surface area (Å²) < 4.78 is 46.4. The number of esters is 1. The van der Waals surface area contributed by atoms with Crippen LogP contribution in [0.2, 0.25) is 0 Å². The zero-order chi connectivity index (χ0) is 21.9. The Morgan fingerprint density at radius 3 is 2.61 bits per heavy atom. The molecule has 1 spiro atoms. The van der Waals surface area contributed by atoms with Crippen LogP contribution in [0.1, 0.15) is 58.3 Å². The molecule has 0 aromatic carbocycles. The second kappa shape index (κ2) is 6.13. The molecule has 1 unspecified atom stereocenters. The molecule has 168 valence electrons. The molecule has 1 saturated heterocycles. The third kappa shape index (κ3) is 2.37. The van der Waals surface area contributed by atoms with Crippen LogP contribution in [0.4, 0.5) is 13.2 Å². The van der Waals surface area contributed by atoms with E-state index in [4.69, 9.17) is 4.74 Å². The number of Topliss-reactive ketones (excluding diaryl/α,β-unsaturated/α-hetero) is 1. The molecule has 5 nitrogen and oxygen atoms in total. The van der Waals surface area contributed by atoms with Gasteiger partial charge in [0, 0.05) is 23.9 Å². The maximum Gasteiger partial charge on any atom is 0.471 e. The van der Waals surface area contributed by atoms with Crippen molar-refractivity contribution in [2.24, 2.45) is 29.6 Å². The number of ether oxygens (including phenoxy) is 1. The van der Waals surface area contributed by atoms with Gasteiger partial charge in [0.05, 0.1) is 0 Å². The highest BCUT2D eigenvalue weighted by Gasteiger charge is 2.72. The maximum atomic E-state index is 13.5. The van der Waals surface area contributed by atoms with Crippen molar-refractivity contribution < 1.29 is 32.3 Å². The zero-order valence-corrected chi connectivity index (χ0v) is 17.4. The molecule has 0 N–H and O–H groups in total. The van der Waals surface area contributed by atoms with Crippen LogP contribution in [0.15, 0.2) is 11.1 Å². The fourth-order valence-corrected chi connectivity index (χ4v) is 8.40. The van der Waals surface area contributed by atoms with Gasteiger partial charge >= 0.3 is 18.1 Å². The largest absolute Gasteiger partial charge is 0.471 e. The van der Waals surface area contributed by atoms with Gasteiger partial charge in [0.2, 0.25) is 0 Å². The highest BCUT2D eigenvalue weighted by atomic mass is 19.4. The van der Waals surface area contributed by atoms with Crippen LogP contribution in [0.5, 0.6) is 0 Å². The van der Waals surface area contributed by atoms with E-state index in [1.54, 1.807) is 6.92 Å². The fraction of sp³-hybridized carbons (Fsp3) is 0.783. The number of likely N-dealkylation sites (tertiary alicyclic amines) is 1. The lowest BCUT2D eigenvalue weighted by molar-refractivity contribution is -0.201. The molecule has 8 atom stereocenters. The fourth-order valence-electron chi connectivity index (χ4n) is 8.40. The predicted molar refractivity (Wildman–Crippen MR) is 101 cm³/mol. The number of carbonyl (C=O) groups is 3. The van der Waals surface area contributed by atoms with Gasteiger partial charge in [-0.05, 0) is 68.8 Å². The molecule has 8 heteroatoms. The molecular formula is C23H26F3NO4. The summed E-state index contributed by atoms with van der Waals surface area (Å²) in [6.45, 7) is 1.67. The molecule has 3 saturated carbocycles. The van der Waals surface area contributed by atoms with Gasteiger partial charge in [-0.2, -0.15) is 13.2 Å². The topological polar surface area (TPSA) is 63.7 Å². The first-order valence-corrected chi connectivity index (χ1v) is 11.6. The Morgan fingerprint density at radius 1 is 1.13 bits per heavy atom. The highest BCUT2D eigenvalue weighted by molar-refractivity contribution is 6.21. The summed E-state index contributed by atoms with van der Waals surface area (Å²) in [6, 6.07) is -1.13. The van der Waals surface area contributed by atoms with Crippen molar-refractivity contribution in [3.63, 3.8) is 0 Å². The zero-order valence-electron chi connectivity index (χ0n) is 17.4. The summed E-state index contributed by atoms with van der Waals surface area (Å²) in [5, 5.41) is 0. The Morgan fingerprint density at radius 2 is 1.87 bits per heavy atom. The van der Waals surface area contributed by atoms with E-state index in [-0.39, 0.29) is 40.9 Å². The van der Waals surface area contributed by atoms with Gasteiger partial charge in [-0.15, -0.1) is 0 Å². The Labute approximate surface area is 178 Å². The van der Waals surface area contributed by atoms with Crippen LogP contribution < -0.4 is 0 Å². The Kier molecular flexibility index (Phi) is 3.92. The molecule has 6 aliphatic rings. The van der Waals surface area contributed by atoms with Crippen LogP contribution in [0.3, 0.4) is 0 Å². The number of ketones is 1. The van der Waals surface area contributed by atoms with Gasteiger partial charge < -0.3 is 9.64 Å². The molecule has 4 aliphatic carbocycles. The molecular weight excluding hydrogens is 411 g/mol. The van der Waals surface area contributed by atoms with Crippen molar-refractivity contribution in [1.82, 2.24) is 4.90 Å². The van der Waals surface area contributed by atoms with Crippen molar-refractivity contribution in [3.8, 4) is 0 Å². The lowest BCUT2D eigenvalue weighted by Gasteiger charge is -2.53. The smallest absolute Gasteiger partial charge is 0.450 e. The van der Waals surface area contributed by atoms with Crippen LogP contribution in [-0.4, -0.2) is 46.4 Å². The number of alkyl halides is 3. The summed E-state index contributed by atoms with van der Waals surface area (Å²) in [4.78, 5) is 39.7. The van der Waals surface area contributed by atoms with Crippen molar-refractivity contribution in [2.45, 2.75) is 82.2 Å². The summed E-state index contributed by atoms with van der Waals surface area (Å²) in [5.41, 5.74) is 0.0215. The van der Waals surface area contributed by atoms with E-state index in [0.717, 1.165) is 36.2 Å². The van der Waals surface area contributed by atoms with E-state index in [1.165, 1.54) is 0 Å². The number of hydrogen-bond acceptors (Lipinski definition) is 4. The number of nitrogens with zero attached hydrogens (tertiary/aromatic N) is 1. The Bertz CT molecular complexity index is 926. The SMILES string of the molecule is C[C@H]1CC[C@@H]2[C@@H](CC3C[C@@]24OC(=O)C2=C4[C@@H]3[C@@H]3CCCC[C@H]3C2=O)N1C(=O)C(F)(F)F. The van der Waals surface area contributed by atoms with Crippen molar-refractivity contribution in [2.75, 3.05) is 0 Å². The van der Waals surface area contributed by atoms with Crippen LogP contribution >= 0.6 is 0 Å². The molecule has 2 heterocycles. The van der Waals surface area contributed by atoms with E-state index < -0.39 is 35.7 Å². The van der Waals surface area contributed by atoms with Crippen molar-refractivity contribution in [3.05, 3.63) is 11.1 Å². The lowest BCUT2D eigenvalue weighted by Crippen LogP contribution is -2.63. The first-order valence-electron chi connectivity index (χ1n) is 11.6. The van der Waals surface area contributed by atoms with Gasteiger partial charge in [0.15, 0.2) is 5.78 Å². The predicted octanol–water partition coefficient (Wildman–Crippen LogP) is 3.57. The van der Waals surface area contributed by atoms with Crippen molar-refractivity contribution in [1.29, 1.82) is 0 Å². The number of halogens is 3. The van der Waals surface area contributed by atoms with E-state index in [9.17, 15) is 27.6 Å². The summed E-state index contributed by atoms with van der Waals surface area (Å²) >= 11 is 0. The van der Waals surface area contributed by atoms with Gasteiger partial charge in [-0.25, -0.2) is 4.79 Å². The number of piperidine rings is 1. The lowest BCUT2D eigenvalue weighted by atomic mass is 9.61. The number of rotatable bonds is 0. The third-order valence-corrected chi connectivity index (χ3v) is 9.29. The molecule has 6 rings (SSSR count). The van der Waals surface area contributed by atoms with E-state index in [2.05, 4.69) is 0 Å². The minimum Gasteiger partial charge on any atom is -0.450 e. The monoisotopic (exact) mass is 437 g/mol. The minimum absolute atomic E-state index is 0.0215. The van der Waals surface area contributed by atoms with Gasteiger partial charge in [0.1, 0.15) is 11.2 Å².